The zero-order valence-corrected chi connectivity index (χ0v) is 19.1. The fourth-order valence-electron chi connectivity index (χ4n) is 4.12. The van der Waals surface area contributed by atoms with Crippen LogP contribution in [0.15, 0.2) is 66.9 Å². The molecule has 6 nitrogen and oxygen atoms in total. The van der Waals surface area contributed by atoms with Gasteiger partial charge in [-0.3, -0.25) is 9.69 Å². The van der Waals surface area contributed by atoms with Crippen molar-refractivity contribution >= 4 is 5.91 Å². The number of likely N-dealkylation sites (tertiary alicyclic amines) is 1. The Bertz CT molecular complexity index is 1050. The van der Waals surface area contributed by atoms with Gasteiger partial charge in [0.1, 0.15) is 12.2 Å². The molecule has 1 saturated heterocycles. The van der Waals surface area contributed by atoms with Crippen LogP contribution in [0.4, 0.5) is 0 Å². The molecule has 0 radical (unpaired) electrons. The van der Waals surface area contributed by atoms with Crippen molar-refractivity contribution in [2.75, 3.05) is 33.4 Å². The minimum atomic E-state index is -0.216. The molecule has 0 unspecified atom stereocenters. The van der Waals surface area contributed by atoms with Gasteiger partial charge in [-0.05, 0) is 60.3 Å². The Morgan fingerprint density at radius 3 is 2.58 bits per heavy atom. The van der Waals surface area contributed by atoms with Gasteiger partial charge in [0.2, 0.25) is 5.88 Å². The maximum absolute atomic E-state index is 12.9. The van der Waals surface area contributed by atoms with Crippen molar-refractivity contribution < 1.29 is 14.3 Å². The van der Waals surface area contributed by atoms with E-state index in [9.17, 15) is 4.79 Å². The van der Waals surface area contributed by atoms with Crippen LogP contribution in [-0.4, -0.2) is 49.2 Å². The van der Waals surface area contributed by atoms with Crippen LogP contribution in [0.2, 0.25) is 0 Å². The number of amides is 1. The summed E-state index contributed by atoms with van der Waals surface area (Å²) in [4.78, 5) is 19.6. The largest absolute Gasteiger partial charge is 0.475 e. The predicted molar refractivity (Wildman–Crippen MR) is 129 cm³/mol. The normalized spacial score (nSPS) is 13.7. The van der Waals surface area contributed by atoms with Crippen LogP contribution in [0.3, 0.4) is 0 Å². The van der Waals surface area contributed by atoms with Gasteiger partial charge >= 0.3 is 0 Å². The summed E-state index contributed by atoms with van der Waals surface area (Å²) in [5.41, 5.74) is 5.08. The molecular formula is C27H31N3O3. The average Bonchev–Trinajstić information content (AvgIpc) is 3.37. The summed E-state index contributed by atoms with van der Waals surface area (Å²) in [6.07, 6.45) is 4.22. The lowest BCUT2D eigenvalue weighted by molar-refractivity contribution is 0.0941. The summed E-state index contributed by atoms with van der Waals surface area (Å²) in [6.45, 7) is 4.59. The Morgan fingerprint density at radius 2 is 1.79 bits per heavy atom. The second-order valence-corrected chi connectivity index (χ2v) is 8.22. The SMILES string of the molecule is COCCOc1ncccc1C(=O)NCc1ccccc1-c1ccc(CN2CCCC2)cc1. The van der Waals surface area contributed by atoms with E-state index in [0.717, 1.165) is 23.2 Å². The van der Waals surface area contributed by atoms with Crippen LogP contribution in [0.25, 0.3) is 11.1 Å². The number of rotatable bonds is 10. The molecule has 0 atom stereocenters. The first-order chi connectivity index (χ1) is 16.2. The van der Waals surface area contributed by atoms with Crippen LogP contribution >= 0.6 is 0 Å². The van der Waals surface area contributed by atoms with Crippen molar-refractivity contribution in [3.63, 3.8) is 0 Å². The molecule has 6 heteroatoms. The zero-order valence-electron chi connectivity index (χ0n) is 19.1. The molecule has 0 aliphatic carbocycles. The van der Waals surface area contributed by atoms with Crippen LogP contribution in [0, 0.1) is 0 Å². The van der Waals surface area contributed by atoms with E-state index in [-0.39, 0.29) is 5.91 Å². The fraction of sp³-hybridized carbons (Fsp3) is 0.333. The van der Waals surface area contributed by atoms with Crippen molar-refractivity contribution in [3.05, 3.63) is 83.6 Å². The Morgan fingerprint density at radius 1 is 1.00 bits per heavy atom. The molecule has 1 amide bonds. The number of ether oxygens (including phenoxy) is 2. The molecule has 0 bridgehead atoms. The third-order valence-corrected chi connectivity index (χ3v) is 5.87. The minimum Gasteiger partial charge on any atom is -0.475 e. The fourth-order valence-corrected chi connectivity index (χ4v) is 4.12. The van der Waals surface area contributed by atoms with E-state index >= 15 is 0 Å². The van der Waals surface area contributed by atoms with Crippen molar-refractivity contribution in [1.82, 2.24) is 15.2 Å². The van der Waals surface area contributed by atoms with Crippen LogP contribution < -0.4 is 10.1 Å². The highest BCUT2D eigenvalue weighted by molar-refractivity contribution is 5.96. The highest BCUT2D eigenvalue weighted by atomic mass is 16.5. The lowest BCUT2D eigenvalue weighted by Crippen LogP contribution is -2.24. The van der Waals surface area contributed by atoms with E-state index < -0.39 is 0 Å². The smallest absolute Gasteiger partial charge is 0.257 e. The van der Waals surface area contributed by atoms with E-state index in [0.29, 0.717) is 31.2 Å². The molecule has 0 saturated carbocycles. The van der Waals surface area contributed by atoms with Crippen molar-refractivity contribution in [3.8, 4) is 17.0 Å². The molecule has 1 N–H and O–H groups in total. The monoisotopic (exact) mass is 445 g/mol. The molecule has 1 aliphatic heterocycles. The van der Waals surface area contributed by atoms with Gasteiger partial charge in [0, 0.05) is 26.4 Å². The highest BCUT2D eigenvalue weighted by Crippen LogP contribution is 2.25. The summed E-state index contributed by atoms with van der Waals surface area (Å²) in [5, 5.41) is 3.02. The van der Waals surface area contributed by atoms with Crippen molar-refractivity contribution in [1.29, 1.82) is 0 Å². The van der Waals surface area contributed by atoms with Gasteiger partial charge in [0.05, 0.1) is 6.61 Å². The van der Waals surface area contributed by atoms with Gasteiger partial charge in [-0.2, -0.15) is 0 Å². The predicted octanol–water partition coefficient (Wildman–Crippen LogP) is 4.30. The Balaban J connectivity index is 1.42. The van der Waals surface area contributed by atoms with E-state index in [2.05, 4.69) is 45.5 Å². The molecule has 1 aliphatic rings. The van der Waals surface area contributed by atoms with E-state index in [1.165, 1.54) is 31.5 Å². The topological polar surface area (TPSA) is 63.7 Å². The zero-order chi connectivity index (χ0) is 22.9. The molecular weight excluding hydrogens is 414 g/mol. The minimum absolute atomic E-state index is 0.216. The highest BCUT2D eigenvalue weighted by Gasteiger charge is 2.15. The molecule has 1 fully saturated rings. The summed E-state index contributed by atoms with van der Waals surface area (Å²) >= 11 is 0. The second-order valence-electron chi connectivity index (χ2n) is 8.22. The first kappa shape index (κ1) is 23.0. The molecule has 2 heterocycles. The van der Waals surface area contributed by atoms with E-state index in [1.807, 2.05) is 18.2 Å². The standard InChI is InChI=1S/C27H31N3O3/c1-32-17-18-33-27-25(9-6-14-28-27)26(31)29-19-23-7-2-3-8-24(23)22-12-10-21(11-13-22)20-30-15-4-5-16-30/h2-3,6-14H,4-5,15-20H2,1H3,(H,29,31). The summed E-state index contributed by atoms with van der Waals surface area (Å²) in [7, 11) is 1.61. The van der Waals surface area contributed by atoms with E-state index in [1.54, 1.807) is 25.4 Å². The summed E-state index contributed by atoms with van der Waals surface area (Å²) < 4.78 is 10.6. The number of benzene rings is 2. The van der Waals surface area contributed by atoms with Crippen LogP contribution in [0.1, 0.15) is 34.3 Å². The summed E-state index contributed by atoms with van der Waals surface area (Å²) in [5.74, 6) is 0.0974. The molecule has 172 valence electrons. The number of methoxy groups -OCH3 is 1. The molecule has 3 aromatic rings. The Kier molecular flexibility index (Phi) is 8.06. The number of carbonyl (C=O) groups excluding carboxylic acids is 1. The number of nitrogens with zero attached hydrogens (tertiary/aromatic N) is 2. The van der Waals surface area contributed by atoms with Crippen LogP contribution in [-0.2, 0) is 17.8 Å². The van der Waals surface area contributed by atoms with Gasteiger partial charge in [0.25, 0.3) is 5.91 Å². The van der Waals surface area contributed by atoms with Crippen LogP contribution in [0.5, 0.6) is 5.88 Å². The Labute approximate surface area is 195 Å². The third kappa shape index (κ3) is 6.18. The van der Waals surface area contributed by atoms with Gasteiger partial charge in [-0.1, -0.05) is 48.5 Å². The number of pyridine rings is 1. The molecule has 4 rings (SSSR count). The van der Waals surface area contributed by atoms with E-state index in [4.69, 9.17) is 9.47 Å². The number of carbonyl (C=O) groups is 1. The third-order valence-electron chi connectivity index (χ3n) is 5.87. The van der Waals surface area contributed by atoms with Gasteiger partial charge < -0.3 is 14.8 Å². The molecule has 33 heavy (non-hydrogen) atoms. The average molecular weight is 446 g/mol. The first-order valence-corrected chi connectivity index (χ1v) is 11.5. The maximum Gasteiger partial charge on any atom is 0.257 e. The van der Waals surface area contributed by atoms with Crippen molar-refractivity contribution in [2.24, 2.45) is 0 Å². The Hall–Kier alpha value is -3.22. The maximum atomic E-state index is 12.9. The molecule has 0 spiro atoms. The molecule has 2 aromatic carbocycles. The van der Waals surface area contributed by atoms with Crippen molar-refractivity contribution in [2.45, 2.75) is 25.9 Å². The number of hydrogen-bond donors (Lipinski definition) is 1. The number of aromatic nitrogens is 1. The lowest BCUT2D eigenvalue weighted by atomic mass is 9.98. The number of hydrogen-bond acceptors (Lipinski definition) is 5. The van der Waals surface area contributed by atoms with Gasteiger partial charge in [0.15, 0.2) is 0 Å². The first-order valence-electron chi connectivity index (χ1n) is 11.5. The number of nitrogens with one attached hydrogen (secondary N) is 1. The lowest BCUT2D eigenvalue weighted by Gasteiger charge is -2.15. The van der Waals surface area contributed by atoms with Gasteiger partial charge in [-0.25, -0.2) is 4.98 Å². The second kappa shape index (κ2) is 11.6. The summed E-state index contributed by atoms with van der Waals surface area (Å²) in [6, 6.07) is 20.4. The molecule has 1 aromatic heterocycles. The quantitative estimate of drug-likeness (QED) is 0.472. The van der Waals surface area contributed by atoms with Gasteiger partial charge in [-0.15, -0.1) is 0 Å².